The van der Waals surface area contributed by atoms with E-state index in [-0.39, 0.29) is 11.4 Å². The Balaban J connectivity index is 1.71. The minimum Gasteiger partial charge on any atom is -0.508 e. The average molecular weight is 469 g/mol. The Morgan fingerprint density at radius 3 is 2.29 bits per heavy atom. The molecule has 0 amide bonds. The second kappa shape index (κ2) is 8.47. The molecule has 0 aliphatic heterocycles. The number of alkyl halides is 3. The molecule has 0 spiro atoms. The number of H-pyrrole nitrogens is 1. The van der Waals surface area contributed by atoms with Gasteiger partial charge in [0.15, 0.2) is 5.60 Å². The molecule has 0 saturated carbocycles. The van der Waals surface area contributed by atoms with Crippen LogP contribution in [0.4, 0.5) is 13.2 Å². The van der Waals surface area contributed by atoms with Crippen molar-refractivity contribution < 1.29 is 23.4 Å². The maximum atomic E-state index is 14.3. The first-order valence-corrected chi connectivity index (χ1v) is 11.0. The number of fused-ring (bicyclic) bond motifs is 1. The number of hydrogen-bond acceptors (Lipinski definition) is 3. The van der Waals surface area contributed by atoms with Crippen molar-refractivity contribution in [3.63, 3.8) is 0 Å². The number of phenolic OH excluding ortho intramolecular Hbond substituents is 1. The fraction of sp³-hybridized carbons (Fsp3) is 0.296. The number of phenols is 1. The van der Waals surface area contributed by atoms with E-state index in [0.717, 1.165) is 16.5 Å². The molecule has 2 aromatic carbocycles. The van der Waals surface area contributed by atoms with E-state index in [1.54, 1.807) is 51.2 Å². The number of aryl methyl sites for hydroxylation is 1. The van der Waals surface area contributed by atoms with Gasteiger partial charge in [0.25, 0.3) is 0 Å². The van der Waals surface area contributed by atoms with Crippen molar-refractivity contribution >= 4 is 10.9 Å². The van der Waals surface area contributed by atoms with Crippen LogP contribution in [0.3, 0.4) is 0 Å². The zero-order chi connectivity index (χ0) is 24.7. The molecular formula is C27H27F3N2O2. The van der Waals surface area contributed by atoms with Crippen molar-refractivity contribution in [1.29, 1.82) is 0 Å². The predicted octanol–water partition coefficient (Wildman–Crippen LogP) is 6.45. The molecule has 4 nitrogen and oxygen atoms in total. The SMILES string of the molecule is Cc1nccc2[nH]c(CC(O)(CC(C)(C)c3cc(-c4ccccc4)ccc3O)C(F)(F)F)cc12. The lowest BCUT2D eigenvalue weighted by Crippen LogP contribution is -2.50. The quantitative estimate of drug-likeness (QED) is 0.305. The molecular weight excluding hydrogens is 441 g/mol. The Labute approximate surface area is 196 Å². The minimum atomic E-state index is -4.89. The summed E-state index contributed by atoms with van der Waals surface area (Å²) in [6, 6.07) is 17.6. The van der Waals surface area contributed by atoms with Crippen LogP contribution in [0, 0.1) is 6.92 Å². The highest BCUT2D eigenvalue weighted by molar-refractivity contribution is 5.82. The largest absolute Gasteiger partial charge is 0.508 e. The van der Waals surface area contributed by atoms with Crippen molar-refractivity contribution in [2.24, 2.45) is 0 Å². The molecule has 3 N–H and O–H groups in total. The number of rotatable bonds is 6. The number of aromatic amines is 1. The number of hydrogen-bond donors (Lipinski definition) is 3. The van der Waals surface area contributed by atoms with Crippen LogP contribution >= 0.6 is 0 Å². The van der Waals surface area contributed by atoms with Gasteiger partial charge in [-0.2, -0.15) is 13.2 Å². The Morgan fingerprint density at radius 1 is 0.941 bits per heavy atom. The molecule has 0 fully saturated rings. The molecule has 2 heterocycles. The number of aromatic nitrogens is 2. The molecule has 0 bridgehead atoms. The van der Waals surface area contributed by atoms with Gasteiger partial charge >= 0.3 is 6.18 Å². The monoisotopic (exact) mass is 468 g/mol. The molecule has 34 heavy (non-hydrogen) atoms. The van der Waals surface area contributed by atoms with Crippen LogP contribution in [-0.2, 0) is 11.8 Å². The van der Waals surface area contributed by atoms with Crippen molar-refractivity contribution in [2.45, 2.75) is 50.8 Å². The molecule has 178 valence electrons. The number of nitrogens with zero attached hydrogens (tertiary/aromatic N) is 1. The van der Waals surface area contributed by atoms with Crippen LogP contribution < -0.4 is 0 Å². The first-order chi connectivity index (χ1) is 15.9. The fourth-order valence-electron chi connectivity index (χ4n) is 4.64. The predicted molar refractivity (Wildman–Crippen MR) is 127 cm³/mol. The van der Waals surface area contributed by atoms with Crippen LogP contribution in [-0.4, -0.2) is 32.0 Å². The van der Waals surface area contributed by atoms with E-state index < -0.39 is 30.0 Å². The number of aliphatic hydroxyl groups is 1. The highest BCUT2D eigenvalue weighted by Crippen LogP contribution is 2.45. The van der Waals surface area contributed by atoms with Crippen molar-refractivity contribution in [3.05, 3.63) is 83.8 Å². The van der Waals surface area contributed by atoms with Gasteiger partial charge in [-0.25, -0.2) is 0 Å². The van der Waals surface area contributed by atoms with Crippen molar-refractivity contribution in [1.82, 2.24) is 9.97 Å². The van der Waals surface area contributed by atoms with Gasteiger partial charge in [0.1, 0.15) is 5.75 Å². The Hall–Kier alpha value is -3.32. The summed E-state index contributed by atoms with van der Waals surface area (Å²) in [4.78, 5) is 7.16. The minimum absolute atomic E-state index is 0.110. The summed E-state index contributed by atoms with van der Waals surface area (Å²) in [6.45, 7) is 4.99. The number of nitrogens with one attached hydrogen (secondary N) is 1. The lowest BCUT2D eigenvalue weighted by molar-refractivity contribution is -0.266. The Kier molecular flexibility index (Phi) is 5.94. The van der Waals surface area contributed by atoms with Crippen LogP contribution in [0.5, 0.6) is 5.75 Å². The van der Waals surface area contributed by atoms with E-state index in [9.17, 15) is 23.4 Å². The normalized spacial score (nSPS) is 14.3. The molecule has 1 atom stereocenters. The highest BCUT2D eigenvalue weighted by atomic mass is 19.4. The molecule has 0 aliphatic carbocycles. The highest BCUT2D eigenvalue weighted by Gasteiger charge is 2.56. The van der Waals surface area contributed by atoms with Crippen LogP contribution in [0.25, 0.3) is 22.0 Å². The van der Waals surface area contributed by atoms with Gasteiger partial charge in [0, 0.05) is 40.5 Å². The number of benzene rings is 2. The Morgan fingerprint density at radius 2 is 1.65 bits per heavy atom. The maximum Gasteiger partial charge on any atom is 0.417 e. The van der Waals surface area contributed by atoms with Gasteiger partial charge in [-0.05, 0) is 54.2 Å². The maximum absolute atomic E-state index is 14.3. The van der Waals surface area contributed by atoms with E-state index in [2.05, 4.69) is 9.97 Å². The summed E-state index contributed by atoms with van der Waals surface area (Å²) >= 11 is 0. The number of pyridine rings is 1. The van der Waals surface area contributed by atoms with Gasteiger partial charge in [0.05, 0.1) is 0 Å². The second-order valence-electron chi connectivity index (χ2n) is 9.52. The summed E-state index contributed by atoms with van der Waals surface area (Å²) in [6.07, 6.45) is -4.59. The van der Waals surface area contributed by atoms with E-state index in [0.29, 0.717) is 16.8 Å². The lowest BCUT2D eigenvalue weighted by atomic mass is 9.72. The molecule has 4 rings (SSSR count). The van der Waals surface area contributed by atoms with Gasteiger partial charge in [0.2, 0.25) is 0 Å². The third kappa shape index (κ3) is 4.53. The van der Waals surface area contributed by atoms with Crippen LogP contribution in [0.15, 0.2) is 66.9 Å². The molecule has 2 aromatic heterocycles. The number of aromatic hydroxyl groups is 1. The summed E-state index contributed by atoms with van der Waals surface area (Å²) in [7, 11) is 0. The van der Waals surface area contributed by atoms with Crippen molar-refractivity contribution in [2.75, 3.05) is 0 Å². The van der Waals surface area contributed by atoms with E-state index in [4.69, 9.17) is 0 Å². The molecule has 1 unspecified atom stereocenters. The summed E-state index contributed by atoms with van der Waals surface area (Å²) in [5, 5.41) is 22.3. The van der Waals surface area contributed by atoms with Crippen molar-refractivity contribution in [3.8, 4) is 16.9 Å². The standard InChI is InChI=1S/C27H27F3N2O2/c1-17-21-14-20(32-23(21)11-12-31-17)15-26(34,27(28,29)30)16-25(2,3)22-13-19(9-10-24(22)33)18-7-5-4-6-8-18/h4-14,32-34H,15-16H2,1-3H3. The van der Waals surface area contributed by atoms with E-state index >= 15 is 0 Å². The summed E-state index contributed by atoms with van der Waals surface area (Å²) in [5.74, 6) is -0.110. The van der Waals surface area contributed by atoms with Gasteiger partial charge in [-0.3, -0.25) is 4.98 Å². The average Bonchev–Trinajstić information content (AvgIpc) is 3.17. The van der Waals surface area contributed by atoms with Gasteiger partial charge in [-0.1, -0.05) is 50.2 Å². The first kappa shape index (κ1) is 23.8. The molecule has 0 saturated heterocycles. The van der Waals surface area contributed by atoms with E-state index in [1.807, 2.05) is 30.3 Å². The Bertz CT molecular complexity index is 1310. The zero-order valence-electron chi connectivity index (χ0n) is 19.2. The van der Waals surface area contributed by atoms with Gasteiger partial charge < -0.3 is 15.2 Å². The smallest absolute Gasteiger partial charge is 0.417 e. The third-order valence-electron chi connectivity index (χ3n) is 6.38. The molecule has 4 aromatic rings. The summed E-state index contributed by atoms with van der Waals surface area (Å²) in [5.41, 5.74) is -0.588. The molecule has 7 heteroatoms. The van der Waals surface area contributed by atoms with E-state index in [1.165, 1.54) is 6.07 Å². The zero-order valence-corrected chi connectivity index (χ0v) is 19.2. The fourth-order valence-corrected chi connectivity index (χ4v) is 4.64. The lowest BCUT2D eigenvalue weighted by Gasteiger charge is -2.38. The van der Waals surface area contributed by atoms with Crippen LogP contribution in [0.2, 0.25) is 0 Å². The first-order valence-electron chi connectivity index (χ1n) is 11.0. The summed E-state index contributed by atoms with van der Waals surface area (Å²) < 4.78 is 42.8. The molecule has 0 radical (unpaired) electrons. The number of halogens is 3. The third-order valence-corrected chi connectivity index (χ3v) is 6.38. The van der Waals surface area contributed by atoms with Crippen LogP contribution in [0.1, 0.15) is 37.2 Å². The molecule has 0 aliphatic rings. The topological polar surface area (TPSA) is 69.1 Å². The van der Waals surface area contributed by atoms with Gasteiger partial charge in [-0.15, -0.1) is 0 Å². The second-order valence-corrected chi connectivity index (χ2v) is 9.52.